The molecule has 29 heavy (non-hydrogen) atoms. The van der Waals surface area contributed by atoms with Crippen molar-refractivity contribution in [3.63, 3.8) is 0 Å². The lowest BCUT2D eigenvalue weighted by Crippen LogP contribution is -2.28. The number of nitrogens with one attached hydrogen (secondary N) is 2. The van der Waals surface area contributed by atoms with E-state index in [0.717, 1.165) is 17.9 Å². The predicted molar refractivity (Wildman–Crippen MR) is 130 cm³/mol. The second-order valence-electron chi connectivity index (χ2n) is 8.33. The summed E-state index contributed by atoms with van der Waals surface area (Å²) in [6.45, 7) is 9.34. The molecule has 168 valence electrons. The maximum Gasteiger partial charge on any atom is 0.0762 e. The lowest BCUT2D eigenvalue weighted by molar-refractivity contribution is 0.259. The third-order valence-electron chi connectivity index (χ3n) is 5.71. The minimum Gasteiger partial charge on any atom is -0.386 e. The zero-order chi connectivity index (χ0) is 21.0. The number of rotatable bonds is 20. The molecule has 0 fully saturated rings. The minimum atomic E-state index is 1.00. The van der Waals surface area contributed by atoms with E-state index in [2.05, 4.69) is 34.4 Å². The van der Waals surface area contributed by atoms with E-state index in [1.807, 2.05) is 25.5 Å². The second kappa shape index (κ2) is 18.7. The molecular formula is C25H48N4. The van der Waals surface area contributed by atoms with E-state index in [9.17, 15) is 0 Å². The van der Waals surface area contributed by atoms with Crippen LogP contribution in [0.3, 0.4) is 0 Å². The van der Waals surface area contributed by atoms with Crippen LogP contribution >= 0.6 is 0 Å². The summed E-state index contributed by atoms with van der Waals surface area (Å²) < 4.78 is 0. The van der Waals surface area contributed by atoms with Gasteiger partial charge in [-0.25, -0.2) is 0 Å². The van der Waals surface area contributed by atoms with Gasteiger partial charge in [0.2, 0.25) is 0 Å². The van der Waals surface area contributed by atoms with Gasteiger partial charge in [0.05, 0.1) is 17.6 Å². The summed E-state index contributed by atoms with van der Waals surface area (Å²) in [5, 5.41) is 6.78. The zero-order valence-corrected chi connectivity index (χ0v) is 19.6. The molecule has 0 saturated carbocycles. The van der Waals surface area contributed by atoms with Crippen molar-refractivity contribution in [2.24, 2.45) is 0 Å². The monoisotopic (exact) mass is 404 g/mol. The van der Waals surface area contributed by atoms with Crippen LogP contribution in [0, 0.1) is 0 Å². The van der Waals surface area contributed by atoms with E-state index in [-0.39, 0.29) is 0 Å². The Morgan fingerprint density at radius 2 is 1.28 bits per heavy atom. The molecule has 2 N–H and O–H groups in total. The van der Waals surface area contributed by atoms with Gasteiger partial charge in [-0.3, -0.25) is 4.98 Å². The number of unbranched alkanes of at least 4 members (excludes halogenated alkanes) is 10. The molecule has 0 aromatic carbocycles. The lowest BCUT2D eigenvalue weighted by Gasteiger charge is -2.23. The molecule has 1 rings (SSSR count). The molecule has 1 heterocycles. The van der Waals surface area contributed by atoms with Gasteiger partial charge in [0.25, 0.3) is 0 Å². The Balaban J connectivity index is 2.27. The fourth-order valence-electron chi connectivity index (χ4n) is 3.85. The molecular weight excluding hydrogens is 356 g/mol. The SMILES string of the molecule is CCCCCCCCN(CCCCCCCC)CCCNc1cnccc1NC. The summed E-state index contributed by atoms with van der Waals surface area (Å²) in [7, 11) is 1.96. The van der Waals surface area contributed by atoms with Crippen LogP contribution in [-0.4, -0.2) is 43.1 Å². The second-order valence-corrected chi connectivity index (χ2v) is 8.33. The first-order valence-electron chi connectivity index (χ1n) is 12.4. The largest absolute Gasteiger partial charge is 0.386 e. The van der Waals surface area contributed by atoms with Crippen LogP contribution in [0.5, 0.6) is 0 Å². The van der Waals surface area contributed by atoms with E-state index in [1.54, 1.807) is 0 Å². The Kier molecular flexibility index (Phi) is 16.6. The fourth-order valence-corrected chi connectivity index (χ4v) is 3.85. The smallest absolute Gasteiger partial charge is 0.0762 e. The summed E-state index contributed by atoms with van der Waals surface area (Å²) in [4.78, 5) is 6.95. The van der Waals surface area contributed by atoms with Crippen molar-refractivity contribution < 1.29 is 0 Å². The number of aromatic nitrogens is 1. The highest BCUT2D eigenvalue weighted by Gasteiger charge is 2.06. The first kappa shape index (κ1) is 25.7. The maximum atomic E-state index is 4.24. The third-order valence-corrected chi connectivity index (χ3v) is 5.71. The van der Waals surface area contributed by atoms with Crippen molar-refractivity contribution in [3.8, 4) is 0 Å². The van der Waals surface area contributed by atoms with Crippen LogP contribution < -0.4 is 10.6 Å². The molecule has 1 aromatic heterocycles. The van der Waals surface area contributed by atoms with E-state index < -0.39 is 0 Å². The normalized spacial score (nSPS) is 11.2. The molecule has 0 aliphatic rings. The Labute approximate surface area is 181 Å². The van der Waals surface area contributed by atoms with Crippen LogP contribution in [0.25, 0.3) is 0 Å². The van der Waals surface area contributed by atoms with Gasteiger partial charge in [0.15, 0.2) is 0 Å². The topological polar surface area (TPSA) is 40.2 Å². The van der Waals surface area contributed by atoms with Gasteiger partial charge in [-0.1, -0.05) is 78.1 Å². The summed E-state index contributed by atoms with van der Waals surface area (Å²) >= 11 is 0. The van der Waals surface area contributed by atoms with E-state index in [4.69, 9.17) is 0 Å². The zero-order valence-electron chi connectivity index (χ0n) is 19.6. The van der Waals surface area contributed by atoms with Gasteiger partial charge in [-0.2, -0.15) is 0 Å². The molecule has 0 bridgehead atoms. The van der Waals surface area contributed by atoms with Crippen molar-refractivity contribution in [2.45, 2.75) is 97.3 Å². The number of pyridine rings is 1. The summed E-state index contributed by atoms with van der Waals surface area (Å²) in [5.74, 6) is 0. The van der Waals surface area contributed by atoms with Crippen molar-refractivity contribution in [1.82, 2.24) is 9.88 Å². The molecule has 0 unspecified atom stereocenters. The van der Waals surface area contributed by atoms with Crippen molar-refractivity contribution in [1.29, 1.82) is 0 Å². The average molecular weight is 405 g/mol. The van der Waals surface area contributed by atoms with Crippen LogP contribution in [0.2, 0.25) is 0 Å². The van der Waals surface area contributed by atoms with Gasteiger partial charge in [0, 0.05) is 19.8 Å². The molecule has 0 saturated heterocycles. The van der Waals surface area contributed by atoms with Gasteiger partial charge < -0.3 is 15.5 Å². The van der Waals surface area contributed by atoms with E-state index in [0.29, 0.717) is 0 Å². The molecule has 0 amide bonds. The predicted octanol–water partition coefficient (Wildman–Crippen LogP) is 6.95. The first-order valence-corrected chi connectivity index (χ1v) is 12.4. The molecule has 0 atom stereocenters. The first-order chi connectivity index (χ1) is 14.3. The van der Waals surface area contributed by atoms with Crippen molar-refractivity contribution in [2.75, 3.05) is 43.9 Å². The Bertz CT molecular complexity index is 462. The maximum absolute atomic E-state index is 4.24. The molecule has 0 spiro atoms. The number of hydrogen-bond donors (Lipinski definition) is 2. The van der Waals surface area contributed by atoms with Gasteiger partial charge >= 0.3 is 0 Å². The Hall–Kier alpha value is -1.29. The Morgan fingerprint density at radius 1 is 0.724 bits per heavy atom. The lowest BCUT2D eigenvalue weighted by atomic mass is 10.1. The quantitative estimate of drug-likeness (QED) is 0.231. The van der Waals surface area contributed by atoms with Crippen LogP contribution in [0.15, 0.2) is 18.5 Å². The van der Waals surface area contributed by atoms with Crippen LogP contribution in [0.4, 0.5) is 11.4 Å². The standard InChI is InChI=1S/C25H48N4/c1-4-6-8-10-12-14-20-29(21-15-13-11-9-7-5-2)22-16-18-28-25-23-27-19-17-24(25)26-3/h17,19,23,28H,4-16,18,20-22H2,1-3H3,(H,26,27). The van der Waals surface area contributed by atoms with Crippen molar-refractivity contribution in [3.05, 3.63) is 18.5 Å². The Morgan fingerprint density at radius 3 is 1.86 bits per heavy atom. The fraction of sp³-hybridized carbons (Fsp3) is 0.800. The van der Waals surface area contributed by atoms with Gasteiger partial charge in [0.1, 0.15) is 0 Å². The average Bonchev–Trinajstić information content (AvgIpc) is 2.75. The molecule has 0 radical (unpaired) electrons. The highest BCUT2D eigenvalue weighted by molar-refractivity contribution is 5.66. The molecule has 1 aromatic rings. The van der Waals surface area contributed by atoms with Crippen LogP contribution in [0.1, 0.15) is 97.3 Å². The number of anilines is 2. The van der Waals surface area contributed by atoms with Gasteiger partial charge in [-0.15, -0.1) is 0 Å². The van der Waals surface area contributed by atoms with Crippen molar-refractivity contribution >= 4 is 11.4 Å². The molecule has 0 aliphatic heterocycles. The van der Waals surface area contributed by atoms with E-state index >= 15 is 0 Å². The van der Waals surface area contributed by atoms with Crippen LogP contribution in [-0.2, 0) is 0 Å². The van der Waals surface area contributed by atoms with Gasteiger partial charge in [-0.05, 0) is 45.0 Å². The highest BCUT2D eigenvalue weighted by atomic mass is 15.1. The highest BCUT2D eigenvalue weighted by Crippen LogP contribution is 2.18. The number of hydrogen-bond acceptors (Lipinski definition) is 4. The molecule has 4 heteroatoms. The summed E-state index contributed by atoms with van der Waals surface area (Å²) in [6, 6.07) is 2.02. The molecule has 0 aliphatic carbocycles. The minimum absolute atomic E-state index is 1.00. The van der Waals surface area contributed by atoms with E-state index in [1.165, 1.54) is 103 Å². The number of nitrogens with zero attached hydrogens (tertiary/aromatic N) is 2. The summed E-state index contributed by atoms with van der Waals surface area (Å²) in [6.07, 6.45) is 21.6. The summed E-state index contributed by atoms with van der Waals surface area (Å²) in [5.41, 5.74) is 2.23. The third kappa shape index (κ3) is 13.5. The molecule has 4 nitrogen and oxygen atoms in total.